The van der Waals surface area contributed by atoms with E-state index in [1.165, 1.54) is 24.3 Å². The molecule has 0 aliphatic carbocycles. The molecule has 206 valence electrons. The first-order valence-electron chi connectivity index (χ1n) is 11.9. The van der Waals surface area contributed by atoms with Gasteiger partial charge in [0.2, 0.25) is 0 Å². The normalized spacial score (nSPS) is 10.7. The first-order chi connectivity index (χ1) is 19.1. The first kappa shape index (κ1) is 28.5. The highest BCUT2D eigenvalue weighted by molar-refractivity contribution is 9.10. The summed E-state index contributed by atoms with van der Waals surface area (Å²) in [7, 11) is 0. The third-order valence-electron chi connectivity index (χ3n) is 5.97. The molecular formula is C29H22BrF2N2O6-. The number of nitro benzene ring substituents is 1. The van der Waals surface area contributed by atoms with Crippen LogP contribution < -0.4 is 19.5 Å². The Morgan fingerprint density at radius 3 is 2.38 bits per heavy atom. The zero-order chi connectivity index (χ0) is 28.8. The molecule has 0 aliphatic rings. The first-order valence-corrected chi connectivity index (χ1v) is 12.7. The maximum absolute atomic E-state index is 14.5. The molecule has 0 N–H and O–H groups in total. The number of aliphatic carboxylic acids is 1. The summed E-state index contributed by atoms with van der Waals surface area (Å²) in [5.74, 6) is -1.60. The van der Waals surface area contributed by atoms with E-state index in [1.54, 1.807) is 60.4 Å². The fraction of sp³-hybridized carbons (Fsp3) is 0.138. The Labute approximate surface area is 236 Å². The highest BCUT2D eigenvalue weighted by Crippen LogP contribution is 2.33. The third-order valence-corrected chi connectivity index (χ3v) is 6.63. The number of nitro groups is 1. The average Bonchev–Trinajstić information content (AvgIpc) is 2.91. The predicted octanol–water partition coefficient (Wildman–Crippen LogP) is 6.07. The lowest BCUT2D eigenvalue weighted by molar-refractivity contribution is -0.385. The molecule has 11 heteroatoms. The fourth-order valence-electron chi connectivity index (χ4n) is 4.05. The van der Waals surface area contributed by atoms with Gasteiger partial charge in [-0.1, -0.05) is 24.3 Å². The standard InChI is InChI=1S/C29H23BrF2N2O6/c1-18-26(3-2-4-27(18)34(37)38)33(16-20-7-8-21(31)13-25(20)32)15-19-5-9-22(10-6-19)40-23-11-12-24(30)28(14-23)39-17-29(35)36/h2-14H,15-17H2,1H3,(H,35,36)/p-1. The van der Waals surface area contributed by atoms with Crippen molar-refractivity contribution in [1.29, 1.82) is 0 Å². The topological polar surface area (TPSA) is 105 Å². The number of hydrogen-bond acceptors (Lipinski definition) is 7. The van der Waals surface area contributed by atoms with Gasteiger partial charge < -0.3 is 24.3 Å². The lowest BCUT2D eigenvalue weighted by atomic mass is 10.1. The van der Waals surface area contributed by atoms with E-state index in [9.17, 15) is 28.8 Å². The summed E-state index contributed by atoms with van der Waals surface area (Å²) < 4.78 is 39.6. The second-order valence-corrected chi connectivity index (χ2v) is 9.62. The molecular weight excluding hydrogens is 590 g/mol. The fourth-order valence-corrected chi connectivity index (χ4v) is 4.41. The van der Waals surface area contributed by atoms with E-state index in [0.29, 0.717) is 27.2 Å². The molecule has 0 heterocycles. The highest BCUT2D eigenvalue weighted by Gasteiger charge is 2.20. The minimum atomic E-state index is -1.36. The molecule has 0 aliphatic heterocycles. The van der Waals surface area contributed by atoms with Gasteiger partial charge >= 0.3 is 0 Å². The number of benzene rings is 4. The van der Waals surface area contributed by atoms with E-state index in [-0.39, 0.29) is 30.1 Å². The van der Waals surface area contributed by atoms with Crippen molar-refractivity contribution < 1.29 is 33.1 Å². The van der Waals surface area contributed by atoms with Crippen molar-refractivity contribution >= 4 is 33.3 Å². The molecule has 0 saturated carbocycles. The van der Waals surface area contributed by atoms with Crippen LogP contribution in [0.4, 0.5) is 20.2 Å². The van der Waals surface area contributed by atoms with E-state index in [4.69, 9.17) is 9.47 Å². The molecule has 8 nitrogen and oxygen atoms in total. The maximum atomic E-state index is 14.5. The number of nitrogens with zero attached hydrogens (tertiary/aromatic N) is 2. The third kappa shape index (κ3) is 7.11. The summed E-state index contributed by atoms with van der Waals surface area (Å²) in [6.07, 6.45) is 0. The number of carboxylic acids is 1. The largest absolute Gasteiger partial charge is 0.546 e. The van der Waals surface area contributed by atoms with E-state index in [1.807, 2.05) is 0 Å². The number of carboxylic acid groups (broad SMARTS) is 1. The zero-order valence-electron chi connectivity index (χ0n) is 21.1. The Bertz CT molecular complexity index is 1550. The van der Waals surface area contributed by atoms with Crippen LogP contribution in [0.1, 0.15) is 16.7 Å². The van der Waals surface area contributed by atoms with Gasteiger partial charge in [-0.15, -0.1) is 0 Å². The predicted molar refractivity (Wildman–Crippen MR) is 145 cm³/mol. The molecule has 0 saturated heterocycles. The number of ether oxygens (including phenoxy) is 2. The van der Waals surface area contributed by atoms with Gasteiger partial charge in [-0.25, -0.2) is 8.78 Å². The van der Waals surface area contributed by atoms with Crippen LogP contribution in [0, 0.1) is 28.7 Å². The summed E-state index contributed by atoms with van der Waals surface area (Å²) in [6.45, 7) is 1.32. The molecule has 0 atom stereocenters. The van der Waals surface area contributed by atoms with Crippen molar-refractivity contribution in [1.82, 2.24) is 0 Å². The van der Waals surface area contributed by atoms with Crippen LogP contribution in [0.15, 0.2) is 83.3 Å². The van der Waals surface area contributed by atoms with Crippen LogP contribution >= 0.6 is 15.9 Å². The molecule has 0 radical (unpaired) electrons. The summed E-state index contributed by atoms with van der Waals surface area (Å²) in [5.41, 5.74) is 1.93. The number of carbonyl (C=O) groups is 1. The van der Waals surface area contributed by atoms with Gasteiger partial charge in [0.25, 0.3) is 5.69 Å². The van der Waals surface area contributed by atoms with E-state index >= 15 is 0 Å². The minimum Gasteiger partial charge on any atom is -0.546 e. The van der Waals surface area contributed by atoms with Crippen molar-refractivity contribution in [2.45, 2.75) is 20.0 Å². The molecule has 4 rings (SSSR count). The van der Waals surface area contributed by atoms with Gasteiger partial charge in [0.1, 0.15) is 35.5 Å². The Balaban J connectivity index is 1.57. The maximum Gasteiger partial charge on any atom is 0.274 e. The van der Waals surface area contributed by atoms with Gasteiger partial charge in [-0.2, -0.15) is 0 Å². The van der Waals surface area contributed by atoms with Gasteiger partial charge in [0.15, 0.2) is 0 Å². The Morgan fingerprint density at radius 2 is 1.70 bits per heavy atom. The van der Waals surface area contributed by atoms with Crippen molar-refractivity contribution in [3.63, 3.8) is 0 Å². The second kappa shape index (κ2) is 12.6. The second-order valence-electron chi connectivity index (χ2n) is 8.77. The SMILES string of the molecule is Cc1c(N(Cc2ccc(Oc3ccc(Br)c(OCC(=O)[O-])c3)cc2)Cc2ccc(F)cc2F)cccc1[N+](=O)[O-]. The van der Waals surface area contributed by atoms with E-state index in [2.05, 4.69) is 15.9 Å². The average molecular weight is 612 g/mol. The van der Waals surface area contributed by atoms with Gasteiger partial charge in [0.05, 0.1) is 20.9 Å². The Morgan fingerprint density at radius 1 is 0.975 bits per heavy atom. The summed E-state index contributed by atoms with van der Waals surface area (Å²) in [6, 6.07) is 19.9. The molecule has 0 aromatic heterocycles. The van der Waals surface area contributed by atoms with Crippen molar-refractivity contribution in [2.75, 3.05) is 11.5 Å². The molecule has 0 bridgehead atoms. The van der Waals surface area contributed by atoms with E-state index < -0.39 is 29.1 Å². The van der Waals surface area contributed by atoms with Crippen molar-refractivity contribution in [3.8, 4) is 17.2 Å². The summed E-state index contributed by atoms with van der Waals surface area (Å²) >= 11 is 3.29. The quantitative estimate of drug-likeness (QED) is 0.150. The van der Waals surface area contributed by atoms with Crippen molar-refractivity contribution in [2.24, 2.45) is 0 Å². The van der Waals surface area contributed by atoms with Crippen LogP contribution in [-0.2, 0) is 17.9 Å². The molecule has 0 spiro atoms. The number of hydrogen-bond donors (Lipinski definition) is 0. The van der Waals surface area contributed by atoms with Crippen LogP contribution in [-0.4, -0.2) is 17.5 Å². The highest BCUT2D eigenvalue weighted by atomic mass is 79.9. The molecule has 0 fully saturated rings. The van der Waals surface area contributed by atoms with Gasteiger partial charge in [-0.3, -0.25) is 10.1 Å². The molecule has 40 heavy (non-hydrogen) atoms. The lowest BCUT2D eigenvalue weighted by Crippen LogP contribution is -2.29. The lowest BCUT2D eigenvalue weighted by Gasteiger charge is -2.27. The Kier molecular flexibility index (Phi) is 8.95. The van der Waals surface area contributed by atoms with Gasteiger partial charge in [0, 0.05) is 42.5 Å². The number of rotatable bonds is 11. The van der Waals surface area contributed by atoms with Crippen LogP contribution in [0.3, 0.4) is 0 Å². The number of carbonyl (C=O) groups excluding carboxylic acids is 1. The molecule has 0 unspecified atom stereocenters. The number of halogens is 3. The van der Waals surface area contributed by atoms with Crippen LogP contribution in [0.25, 0.3) is 0 Å². The smallest absolute Gasteiger partial charge is 0.274 e. The molecule has 0 amide bonds. The summed E-state index contributed by atoms with van der Waals surface area (Å²) in [5, 5.41) is 22.2. The van der Waals surface area contributed by atoms with Gasteiger partial charge in [-0.05, 0) is 64.8 Å². The summed E-state index contributed by atoms with van der Waals surface area (Å²) in [4.78, 5) is 23.5. The van der Waals surface area contributed by atoms with Crippen LogP contribution in [0.2, 0.25) is 0 Å². The monoisotopic (exact) mass is 611 g/mol. The van der Waals surface area contributed by atoms with Crippen LogP contribution in [0.5, 0.6) is 17.2 Å². The zero-order valence-corrected chi connectivity index (χ0v) is 22.7. The molecule has 4 aromatic carbocycles. The number of anilines is 1. The Hall–Kier alpha value is -4.51. The molecule has 4 aromatic rings. The minimum absolute atomic E-state index is 0.0416. The van der Waals surface area contributed by atoms with E-state index in [0.717, 1.165) is 11.6 Å². The van der Waals surface area contributed by atoms with Crippen molar-refractivity contribution in [3.05, 3.63) is 122 Å².